The van der Waals surface area contributed by atoms with Gasteiger partial charge in [0.05, 0.1) is 19.3 Å². The Balaban J connectivity index is 1.90. The van der Waals surface area contributed by atoms with E-state index in [1.54, 1.807) is 19.1 Å². The Bertz CT molecular complexity index is 787. The molecule has 0 bridgehead atoms. The van der Waals surface area contributed by atoms with Crippen LogP contribution < -0.4 is 14.2 Å². The van der Waals surface area contributed by atoms with Gasteiger partial charge in [0.15, 0.2) is 0 Å². The van der Waals surface area contributed by atoms with E-state index < -0.39 is 12.2 Å². The van der Waals surface area contributed by atoms with Gasteiger partial charge in [-0.25, -0.2) is 0 Å². The van der Waals surface area contributed by atoms with Crippen molar-refractivity contribution >= 4 is 0 Å². The number of aliphatic hydroxyl groups excluding tert-OH is 4. The summed E-state index contributed by atoms with van der Waals surface area (Å²) in [5.74, 6) is 1.33. The van der Waals surface area contributed by atoms with Crippen LogP contribution in [0.2, 0.25) is 0 Å². The average molecular weight is 421 g/mol. The van der Waals surface area contributed by atoms with Crippen LogP contribution in [0.3, 0.4) is 0 Å². The molecule has 166 valence electrons. The maximum absolute atomic E-state index is 10.2. The van der Waals surface area contributed by atoms with Crippen molar-refractivity contribution in [3.63, 3.8) is 0 Å². The molecule has 0 spiro atoms. The molecular weight excluding hydrogens is 388 g/mol. The summed E-state index contributed by atoms with van der Waals surface area (Å²) >= 11 is 0. The number of hydrogen-bond donors (Lipinski definition) is 4. The van der Waals surface area contributed by atoms with Gasteiger partial charge in [0.2, 0.25) is 0 Å². The van der Waals surface area contributed by atoms with Crippen LogP contribution in [0.4, 0.5) is 0 Å². The van der Waals surface area contributed by atoms with Crippen LogP contribution >= 0.6 is 0 Å². The van der Waals surface area contributed by atoms with Crippen molar-refractivity contribution in [2.75, 3.05) is 33.0 Å². The Hall–Kier alpha value is -2.32. The maximum Gasteiger partial charge on any atom is 0.123 e. The van der Waals surface area contributed by atoms with Crippen molar-refractivity contribution in [3.8, 4) is 17.2 Å². The number of aliphatic hydroxyl groups is 4. The molecule has 2 unspecified atom stereocenters. The zero-order valence-electron chi connectivity index (χ0n) is 17.7. The first-order valence-corrected chi connectivity index (χ1v) is 10.00. The largest absolute Gasteiger partial charge is 0.491 e. The lowest BCUT2D eigenvalue weighted by Gasteiger charge is -2.17. The SMILES string of the molecule is Cc1cc(OCC(C)O)cc(OCC(O)COc2cc(C)cc(C(CO)CO)c2)c1. The van der Waals surface area contributed by atoms with E-state index in [9.17, 15) is 20.4 Å². The molecule has 0 aliphatic carbocycles. The van der Waals surface area contributed by atoms with E-state index in [4.69, 9.17) is 14.2 Å². The molecule has 30 heavy (non-hydrogen) atoms. The third-order valence-electron chi connectivity index (χ3n) is 4.39. The summed E-state index contributed by atoms with van der Waals surface area (Å²) in [6.45, 7) is 5.39. The molecule has 2 rings (SSSR count). The van der Waals surface area contributed by atoms with E-state index in [0.29, 0.717) is 17.2 Å². The van der Waals surface area contributed by atoms with E-state index in [1.165, 1.54) is 0 Å². The molecule has 0 saturated carbocycles. The minimum absolute atomic E-state index is 0.0308. The molecule has 0 aliphatic rings. The fraction of sp³-hybridized carbons (Fsp3) is 0.478. The average Bonchev–Trinajstić information content (AvgIpc) is 2.69. The van der Waals surface area contributed by atoms with E-state index in [-0.39, 0.29) is 39.0 Å². The molecule has 7 heteroatoms. The lowest BCUT2D eigenvalue weighted by atomic mass is 9.99. The highest BCUT2D eigenvalue weighted by Gasteiger charge is 2.13. The lowest BCUT2D eigenvalue weighted by molar-refractivity contribution is 0.0623. The van der Waals surface area contributed by atoms with Crippen LogP contribution in [-0.4, -0.2) is 65.7 Å². The molecule has 0 saturated heterocycles. The minimum atomic E-state index is -0.859. The van der Waals surface area contributed by atoms with Gasteiger partial charge >= 0.3 is 0 Å². The molecule has 7 nitrogen and oxygen atoms in total. The van der Waals surface area contributed by atoms with Crippen LogP contribution in [0, 0.1) is 13.8 Å². The molecule has 0 heterocycles. The number of ether oxygens (including phenoxy) is 3. The van der Waals surface area contributed by atoms with Crippen molar-refractivity contribution in [2.45, 2.75) is 38.9 Å². The van der Waals surface area contributed by atoms with Gasteiger partial charge in [0.25, 0.3) is 0 Å². The fourth-order valence-corrected chi connectivity index (χ4v) is 2.89. The number of aryl methyl sites for hydroxylation is 2. The highest BCUT2D eigenvalue weighted by molar-refractivity contribution is 5.38. The van der Waals surface area contributed by atoms with Crippen molar-refractivity contribution in [3.05, 3.63) is 53.1 Å². The first kappa shape index (κ1) is 24.0. The van der Waals surface area contributed by atoms with Crippen LogP contribution in [0.25, 0.3) is 0 Å². The summed E-state index contributed by atoms with van der Waals surface area (Å²) in [6.07, 6.45) is -1.43. The van der Waals surface area contributed by atoms with Gasteiger partial charge in [-0.3, -0.25) is 0 Å². The zero-order valence-corrected chi connectivity index (χ0v) is 17.7. The Morgan fingerprint density at radius 1 is 0.700 bits per heavy atom. The van der Waals surface area contributed by atoms with E-state index >= 15 is 0 Å². The minimum Gasteiger partial charge on any atom is -0.491 e. The second kappa shape index (κ2) is 11.8. The summed E-state index contributed by atoms with van der Waals surface area (Å²) in [5.41, 5.74) is 2.66. The predicted octanol–water partition coefficient (Wildman–Crippen LogP) is 1.95. The van der Waals surface area contributed by atoms with Gasteiger partial charge in [-0.1, -0.05) is 6.07 Å². The van der Waals surface area contributed by atoms with Crippen molar-refractivity contribution < 1.29 is 34.6 Å². The molecule has 2 aromatic carbocycles. The lowest BCUT2D eigenvalue weighted by Crippen LogP contribution is -2.25. The fourth-order valence-electron chi connectivity index (χ4n) is 2.89. The molecule has 0 fully saturated rings. The quantitative estimate of drug-likeness (QED) is 0.416. The summed E-state index contributed by atoms with van der Waals surface area (Å²) in [4.78, 5) is 0. The molecule has 2 aromatic rings. The second-order valence-electron chi connectivity index (χ2n) is 7.56. The monoisotopic (exact) mass is 420 g/mol. The molecule has 4 N–H and O–H groups in total. The topological polar surface area (TPSA) is 109 Å². The summed E-state index contributed by atoms with van der Waals surface area (Å²) in [5, 5.41) is 38.3. The van der Waals surface area contributed by atoms with Crippen LogP contribution in [0.5, 0.6) is 17.2 Å². The first-order chi connectivity index (χ1) is 14.3. The highest BCUT2D eigenvalue weighted by Crippen LogP contribution is 2.24. The van der Waals surface area contributed by atoms with E-state index in [2.05, 4.69) is 0 Å². The predicted molar refractivity (Wildman–Crippen MR) is 113 cm³/mol. The van der Waals surface area contributed by atoms with Gasteiger partial charge in [-0.2, -0.15) is 0 Å². The van der Waals surface area contributed by atoms with Crippen LogP contribution in [0.1, 0.15) is 29.5 Å². The third-order valence-corrected chi connectivity index (χ3v) is 4.39. The van der Waals surface area contributed by atoms with Crippen molar-refractivity contribution in [2.24, 2.45) is 0 Å². The van der Waals surface area contributed by atoms with Crippen LogP contribution in [-0.2, 0) is 0 Å². The molecule has 0 radical (unpaired) electrons. The summed E-state index contributed by atoms with van der Waals surface area (Å²) in [7, 11) is 0. The molecular formula is C23H32O7. The summed E-state index contributed by atoms with van der Waals surface area (Å²) < 4.78 is 16.9. The maximum atomic E-state index is 10.2. The van der Waals surface area contributed by atoms with Crippen molar-refractivity contribution in [1.29, 1.82) is 0 Å². The number of benzene rings is 2. The molecule has 0 amide bonds. The highest BCUT2D eigenvalue weighted by atomic mass is 16.5. The summed E-state index contributed by atoms with van der Waals surface area (Å²) in [6, 6.07) is 10.9. The van der Waals surface area contributed by atoms with Gasteiger partial charge in [-0.15, -0.1) is 0 Å². The van der Waals surface area contributed by atoms with E-state index in [0.717, 1.165) is 16.7 Å². The standard InChI is InChI=1S/C23H32O7/c1-15-4-18(19(10-24)11-25)8-21(5-15)29-13-20(27)14-30-23-7-16(2)6-22(9-23)28-12-17(3)26/h4-9,17,19-20,24-27H,10-14H2,1-3H3. The van der Waals surface area contributed by atoms with Crippen molar-refractivity contribution in [1.82, 2.24) is 0 Å². The first-order valence-electron chi connectivity index (χ1n) is 10.00. The second-order valence-corrected chi connectivity index (χ2v) is 7.56. The van der Waals surface area contributed by atoms with Crippen LogP contribution in [0.15, 0.2) is 36.4 Å². The third kappa shape index (κ3) is 7.84. The number of hydrogen-bond acceptors (Lipinski definition) is 7. The van der Waals surface area contributed by atoms with Gasteiger partial charge < -0.3 is 34.6 Å². The normalized spacial score (nSPS) is 13.2. The van der Waals surface area contributed by atoms with Gasteiger partial charge in [0.1, 0.15) is 43.2 Å². The van der Waals surface area contributed by atoms with Gasteiger partial charge in [-0.05, 0) is 61.7 Å². The zero-order chi connectivity index (χ0) is 22.1. The molecule has 0 aromatic heterocycles. The Morgan fingerprint density at radius 3 is 1.67 bits per heavy atom. The van der Waals surface area contributed by atoms with Gasteiger partial charge in [0, 0.05) is 12.0 Å². The smallest absolute Gasteiger partial charge is 0.123 e. The number of rotatable bonds is 12. The Morgan fingerprint density at radius 2 is 1.17 bits per heavy atom. The Labute approximate surface area is 177 Å². The molecule has 2 atom stereocenters. The van der Waals surface area contributed by atoms with E-state index in [1.807, 2.05) is 38.1 Å². The molecule has 0 aliphatic heterocycles. The Kier molecular flexibility index (Phi) is 9.39.